The Morgan fingerprint density at radius 3 is 1.01 bits per heavy atom. The van der Waals surface area contributed by atoms with Gasteiger partial charge in [0.25, 0.3) is 0 Å². The van der Waals surface area contributed by atoms with E-state index in [1.807, 2.05) is 52.0 Å². The minimum absolute atomic E-state index is 0.136. The van der Waals surface area contributed by atoms with Crippen LogP contribution in [0.15, 0.2) is 139 Å². The highest BCUT2D eigenvalue weighted by atomic mass is 79.9. The molecule has 0 N–H and O–H groups in total. The van der Waals surface area contributed by atoms with Crippen molar-refractivity contribution in [1.82, 2.24) is 0 Å². The van der Waals surface area contributed by atoms with Gasteiger partial charge in [-0.25, -0.2) is 0 Å². The van der Waals surface area contributed by atoms with Gasteiger partial charge in [0.05, 0.1) is 48.4 Å². The topological polar surface area (TPSA) is 36.9 Å². The molecule has 0 bridgehead atoms. The average Bonchev–Trinajstić information content (AvgIpc) is 1.56. The second kappa shape index (κ2) is 24.6. The van der Waals surface area contributed by atoms with E-state index >= 15 is 13.2 Å². The smallest absolute Gasteiger partial charge is 0.416 e. The van der Waals surface area contributed by atoms with E-state index in [0.717, 1.165) is 52.2 Å². The van der Waals surface area contributed by atoms with E-state index in [4.69, 9.17) is 18.9 Å². The van der Waals surface area contributed by atoms with Gasteiger partial charge in [0.15, 0.2) is 23.0 Å². The van der Waals surface area contributed by atoms with Gasteiger partial charge in [-0.15, -0.1) is 0 Å². The number of fused-ring (bicyclic) bond motifs is 20. The monoisotopic (exact) mass is 1450 g/mol. The molecule has 0 fully saturated rings. The van der Waals surface area contributed by atoms with Crippen molar-refractivity contribution in [3.05, 3.63) is 206 Å². The van der Waals surface area contributed by atoms with Gasteiger partial charge in [0.2, 0.25) is 0 Å². The highest BCUT2D eigenvalue weighted by molar-refractivity contribution is 9.11. The Balaban J connectivity index is 0.000000184. The fourth-order valence-electron chi connectivity index (χ4n) is 13.3. The van der Waals surface area contributed by atoms with E-state index in [1.54, 1.807) is 24.3 Å². The lowest BCUT2D eigenvalue weighted by molar-refractivity contribution is -0.143. The lowest BCUT2D eigenvalue weighted by Gasteiger charge is -2.33. The number of rotatable bonds is 16. The minimum Gasteiger partial charge on any atom is -0.489 e. The molecule has 4 nitrogen and oxygen atoms in total. The third-order valence-corrected chi connectivity index (χ3v) is 20.5. The molecule has 2 spiro atoms. The molecule has 0 heterocycles. The van der Waals surface area contributed by atoms with Crippen LogP contribution >= 0.6 is 63.7 Å². The standard InChI is InChI=1S/C37H32Br2F6O2.C37H38Br2O2/c1-5-19(3)17-46-32-15-26-27-11-21(36(40,41)42)12-31(37(43,44)45)34(27)35(30(26)16-33(32)47-18-20(4)6-2)28-13-22(38)7-9-24(28)25-10-8-23(39)14-29(25)35;1-7-21(3)19-40-34-17-29-30-14-23(5)13-24(6)36(30)37(33(29)18-35(34)41-20-22(4)8-2)31-15-25(38)9-11-27(31)28-12-10-26(39)16-32(28)37/h7-16,19-20H,5-6,17-18H2,1-4H3;9-18,21-22H,7-8,19-20H2,1-6H3. The van der Waals surface area contributed by atoms with Crippen molar-refractivity contribution in [2.24, 2.45) is 23.7 Å². The summed E-state index contributed by atoms with van der Waals surface area (Å²) >= 11 is 14.7. The molecule has 8 aromatic rings. The number of alkyl halides is 6. The van der Waals surface area contributed by atoms with E-state index in [2.05, 4.69) is 166 Å². The van der Waals surface area contributed by atoms with E-state index in [0.29, 0.717) is 80.8 Å². The molecule has 4 unspecified atom stereocenters. The summed E-state index contributed by atoms with van der Waals surface area (Å²) in [6.45, 7) is 23.4. The van der Waals surface area contributed by atoms with E-state index < -0.39 is 34.3 Å². The molecule has 4 atom stereocenters. The quantitative estimate of drug-likeness (QED) is 0.0904. The Bertz CT molecular complexity index is 3940. The van der Waals surface area contributed by atoms with Crippen molar-refractivity contribution in [3.8, 4) is 67.5 Å². The first-order valence-corrected chi connectivity index (χ1v) is 33.5. The molecule has 4 aliphatic carbocycles. The van der Waals surface area contributed by atoms with Crippen LogP contribution in [0.5, 0.6) is 23.0 Å². The van der Waals surface area contributed by atoms with Gasteiger partial charge in [-0.3, -0.25) is 0 Å². The van der Waals surface area contributed by atoms with Gasteiger partial charge in [0, 0.05) is 17.9 Å². The van der Waals surface area contributed by atoms with Crippen molar-refractivity contribution in [2.75, 3.05) is 26.4 Å². The lowest BCUT2D eigenvalue weighted by Crippen LogP contribution is -2.29. The summed E-state index contributed by atoms with van der Waals surface area (Å²) in [4.78, 5) is 0. The molecular weight excluding hydrogens is 1390 g/mol. The summed E-state index contributed by atoms with van der Waals surface area (Å²) in [6.07, 6.45) is -6.31. The molecule has 88 heavy (non-hydrogen) atoms. The molecule has 0 aromatic heterocycles. The number of aryl methyl sites for hydroxylation is 2. The third-order valence-electron chi connectivity index (χ3n) is 18.6. The zero-order valence-electron chi connectivity index (χ0n) is 50.9. The van der Waals surface area contributed by atoms with Crippen LogP contribution < -0.4 is 18.9 Å². The fraction of sp³-hybridized carbons (Fsp3) is 0.351. The van der Waals surface area contributed by atoms with Crippen LogP contribution in [-0.2, 0) is 23.2 Å². The van der Waals surface area contributed by atoms with Crippen molar-refractivity contribution >= 4 is 63.7 Å². The Morgan fingerprint density at radius 1 is 0.364 bits per heavy atom. The lowest BCUT2D eigenvalue weighted by atomic mass is 9.69. The van der Waals surface area contributed by atoms with Gasteiger partial charge in [-0.1, -0.05) is 187 Å². The largest absolute Gasteiger partial charge is 0.489 e. The van der Waals surface area contributed by atoms with E-state index in [9.17, 15) is 13.2 Å². The molecule has 0 radical (unpaired) electrons. The number of hydrogen-bond acceptors (Lipinski definition) is 4. The van der Waals surface area contributed by atoms with Gasteiger partial charge in [-0.2, -0.15) is 26.3 Å². The Hall–Kier alpha value is -5.54. The first-order chi connectivity index (χ1) is 41.8. The van der Waals surface area contributed by atoms with Crippen molar-refractivity contribution in [2.45, 2.75) is 118 Å². The maximum absolute atomic E-state index is 15.2. The van der Waals surface area contributed by atoms with Gasteiger partial charge in [0.1, 0.15) is 0 Å². The van der Waals surface area contributed by atoms with Gasteiger partial charge < -0.3 is 18.9 Å². The van der Waals surface area contributed by atoms with E-state index in [-0.39, 0.29) is 40.3 Å². The zero-order chi connectivity index (χ0) is 63.1. The highest BCUT2D eigenvalue weighted by Gasteiger charge is 2.58. The Kier molecular flexibility index (Phi) is 17.9. The zero-order valence-corrected chi connectivity index (χ0v) is 57.3. The van der Waals surface area contributed by atoms with Crippen LogP contribution in [-0.4, -0.2) is 26.4 Å². The molecule has 8 aromatic carbocycles. The predicted molar refractivity (Wildman–Crippen MR) is 356 cm³/mol. The molecule has 12 rings (SSSR count). The van der Waals surface area contributed by atoms with Crippen LogP contribution in [0.25, 0.3) is 44.5 Å². The number of hydrogen-bond donors (Lipinski definition) is 0. The number of halogens is 10. The molecule has 460 valence electrons. The van der Waals surface area contributed by atoms with Crippen molar-refractivity contribution in [3.63, 3.8) is 0 Å². The molecule has 0 saturated carbocycles. The first kappa shape index (κ1) is 64.0. The predicted octanol–water partition coefficient (Wildman–Crippen LogP) is 23.5. The Morgan fingerprint density at radius 2 is 0.682 bits per heavy atom. The summed E-state index contributed by atoms with van der Waals surface area (Å²) in [7, 11) is 0. The summed E-state index contributed by atoms with van der Waals surface area (Å²) in [5.41, 5.74) is 10.9. The van der Waals surface area contributed by atoms with Crippen molar-refractivity contribution in [1.29, 1.82) is 0 Å². The SMILES string of the molecule is CCC(C)COc1cc2c(cc1OCC(C)CC)C1(c3cc(Br)ccc3-c3ccc(Br)cc31)c1c(C)cc(C)cc1-2.CCC(C)COc1cc2c(cc1OCC(C)CC)C1(c3cc(Br)ccc3-c3ccc(Br)cc31)c1c-2cc(C(F)(F)F)cc1C(F)(F)F. The molecule has 14 heteroatoms. The van der Waals surface area contributed by atoms with Crippen LogP contribution in [0.1, 0.15) is 148 Å². The maximum Gasteiger partial charge on any atom is 0.416 e. The van der Waals surface area contributed by atoms with Gasteiger partial charge >= 0.3 is 12.4 Å². The summed E-state index contributed by atoms with van der Waals surface area (Å²) in [5.74, 6) is 3.56. The number of ether oxygens (including phenoxy) is 4. The second-order valence-corrected chi connectivity index (χ2v) is 28.4. The van der Waals surface area contributed by atoms with Crippen LogP contribution in [0.4, 0.5) is 26.3 Å². The maximum atomic E-state index is 15.2. The van der Waals surface area contributed by atoms with E-state index in [1.165, 1.54) is 55.6 Å². The summed E-state index contributed by atoms with van der Waals surface area (Å²) in [5, 5.41) is 0. The normalized spacial score (nSPS) is 15.4. The summed E-state index contributed by atoms with van der Waals surface area (Å²) in [6, 6.07) is 38.0. The average molecular weight is 1460 g/mol. The van der Waals surface area contributed by atoms with Crippen molar-refractivity contribution < 1.29 is 45.3 Å². The third kappa shape index (κ3) is 11.0. The second-order valence-electron chi connectivity index (χ2n) is 24.7. The molecule has 0 saturated heterocycles. The Labute approximate surface area is 546 Å². The van der Waals surface area contributed by atoms with Gasteiger partial charge in [-0.05, 0) is 217 Å². The fourth-order valence-corrected chi connectivity index (χ4v) is 14.7. The highest BCUT2D eigenvalue weighted by Crippen LogP contribution is 2.68. The molecule has 0 aliphatic heterocycles. The molecule has 0 amide bonds. The minimum atomic E-state index is -5.10. The molecule has 4 aliphatic rings. The van der Waals surface area contributed by atoms with Crippen LogP contribution in [0, 0.1) is 37.5 Å². The van der Waals surface area contributed by atoms with Crippen LogP contribution in [0.3, 0.4) is 0 Å². The number of benzene rings is 8. The first-order valence-electron chi connectivity index (χ1n) is 30.3. The molecular formula is C74H70Br4F6O4. The summed E-state index contributed by atoms with van der Waals surface area (Å²) < 4.78 is 118. The van der Waals surface area contributed by atoms with Crippen LogP contribution in [0.2, 0.25) is 0 Å².